The Hall–Kier alpha value is -5.32. The lowest BCUT2D eigenvalue weighted by atomic mass is 10.1. The Labute approximate surface area is 210 Å². The number of barbiturate groups is 1. The number of rotatable bonds is 7. The normalized spacial score (nSPS) is 14.4. The van der Waals surface area contributed by atoms with Gasteiger partial charge in [-0.3, -0.25) is 29.8 Å². The highest BCUT2D eigenvalue weighted by molar-refractivity contribution is 6.39. The van der Waals surface area contributed by atoms with Gasteiger partial charge in [-0.2, -0.15) is 0 Å². The summed E-state index contributed by atoms with van der Waals surface area (Å²) in [5.41, 5.74) is 1.50. The number of amides is 5. The number of nitro benzene ring substituents is 1. The van der Waals surface area contributed by atoms with Gasteiger partial charge in [0.15, 0.2) is 6.61 Å². The number of nitrogens with zero attached hydrogens (tertiary/aromatic N) is 2. The van der Waals surface area contributed by atoms with Gasteiger partial charge < -0.3 is 10.1 Å². The Morgan fingerprint density at radius 1 is 1.05 bits per heavy atom. The molecule has 0 spiro atoms. The van der Waals surface area contributed by atoms with E-state index in [1.807, 2.05) is 19.1 Å². The quantitative estimate of drug-likeness (QED) is 0.218. The van der Waals surface area contributed by atoms with Gasteiger partial charge in [-0.15, -0.1) is 0 Å². The lowest BCUT2D eigenvalue weighted by molar-refractivity contribution is -0.384. The topological polar surface area (TPSA) is 148 Å². The highest BCUT2D eigenvalue weighted by atomic mass is 16.6. The molecule has 2 N–H and O–H groups in total. The van der Waals surface area contributed by atoms with Crippen molar-refractivity contribution in [1.29, 1.82) is 0 Å². The number of benzene rings is 3. The summed E-state index contributed by atoms with van der Waals surface area (Å²) in [4.78, 5) is 61.0. The van der Waals surface area contributed by atoms with Crippen LogP contribution in [0.3, 0.4) is 0 Å². The van der Waals surface area contributed by atoms with Crippen LogP contribution in [0.5, 0.6) is 5.75 Å². The minimum atomic E-state index is -0.974. The van der Waals surface area contributed by atoms with Crippen molar-refractivity contribution in [2.24, 2.45) is 0 Å². The first-order chi connectivity index (χ1) is 17.7. The molecule has 11 heteroatoms. The van der Waals surface area contributed by atoms with E-state index in [-0.39, 0.29) is 29.5 Å². The molecule has 0 radical (unpaired) electrons. The molecule has 5 amide bonds. The van der Waals surface area contributed by atoms with Crippen LogP contribution in [0.2, 0.25) is 0 Å². The Morgan fingerprint density at radius 3 is 2.49 bits per heavy atom. The lowest BCUT2D eigenvalue weighted by Gasteiger charge is -2.26. The number of carbonyl (C=O) groups is 4. The van der Waals surface area contributed by atoms with Crippen molar-refractivity contribution in [3.05, 3.63) is 99.6 Å². The summed E-state index contributed by atoms with van der Waals surface area (Å²) >= 11 is 0. The van der Waals surface area contributed by atoms with Crippen LogP contribution in [0.25, 0.3) is 6.08 Å². The number of imide groups is 2. The van der Waals surface area contributed by atoms with E-state index in [0.717, 1.165) is 17.7 Å². The molecule has 1 fully saturated rings. The number of ether oxygens (including phenoxy) is 1. The first-order valence-electron chi connectivity index (χ1n) is 11.0. The predicted molar refractivity (Wildman–Crippen MR) is 134 cm³/mol. The highest BCUT2D eigenvalue weighted by Gasteiger charge is 2.37. The third-order valence-corrected chi connectivity index (χ3v) is 5.38. The number of aryl methyl sites for hydroxylation is 1. The number of anilines is 2. The zero-order chi connectivity index (χ0) is 26.5. The largest absolute Gasteiger partial charge is 0.484 e. The number of nitrogens with one attached hydrogen (secondary N) is 2. The first kappa shape index (κ1) is 24.8. The maximum Gasteiger partial charge on any atom is 0.335 e. The zero-order valence-corrected chi connectivity index (χ0v) is 19.5. The van der Waals surface area contributed by atoms with Crippen molar-refractivity contribution >= 4 is 46.9 Å². The van der Waals surface area contributed by atoms with Crippen molar-refractivity contribution in [2.75, 3.05) is 16.8 Å². The van der Waals surface area contributed by atoms with Crippen LogP contribution in [0.4, 0.5) is 21.9 Å². The van der Waals surface area contributed by atoms with E-state index in [1.165, 1.54) is 24.3 Å². The van der Waals surface area contributed by atoms with Gasteiger partial charge >= 0.3 is 6.03 Å². The van der Waals surface area contributed by atoms with E-state index >= 15 is 0 Å². The van der Waals surface area contributed by atoms with E-state index in [0.29, 0.717) is 21.9 Å². The number of para-hydroxylation sites is 1. The smallest absolute Gasteiger partial charge is 0.335 e. The Bertz CT molecular complexity index is 1450. The van der Waals surface area contributed by atoms with E-state index in [4.69, 9.17) is 4.74 Å². The van der Waals surface area contributed by atoms with E-state index in [2.05, 4.69) is 10.6 Å². The molecule has 4 rings (SSSR count). The monoisotopic (exact) mass is 500 g/mol. The summed E-state index contributed by atoms with van der Waals surface area (Å²) in [5.74, 6) is -1.83. The van der Waals surface area contributed by atoms with E-state index in [9.17, 15) is 29.3 Å². The maximum atomic E-state index is 13.0. The van der Waals surface area contributed by atoms with E-state index in [1.54, 1.807) is 30.3 Å². The van der Waals surface area contributed by atoms with Crippen molar-refractivity contribution in [3.8, 4) is 5.75 Å². The number of nitro groups is 1. The summed E-state index contributed by atoms with van der Waals surface area (Å²) in [6.07, 6.45) is 1.28. The molecule has 186 valence electrons. The average Bonchev–Trinajstić information content (AvgIpc) is 2.87. The van der Waals surface area contributed by atoms with Gasteiger partial charge in [0.25, 0.3) is 23.4 Å². The molecule has 0 bridgehead atoms. The number of carbonyl (C=O) groups excluding carboxylic acids is 4. The summed E-state index contributed by atoms with van der Waals surface area (Å²) in [6.45, 7) is 1.60. The average molecular weight is 500 g/mol. The zero-order valence-electron chi connectivity index (χ0n) is 19.5. The summed E-state index contributed by atoms with van der Waals surface area (Å²) in [6, 6.07) is 17.5. The number of hydrogen-bond acceptors (Lipinski definition) is 7. The van der Waals surface area contributed by atoms with Crippen LogP contribution in [-0.2, 0) is 14.4 Å². The molecule has 0 saturated carbocycles. The molecule has 0 aliphatic carbocycles. The Morgan fingerprint density at radius 2 is 1.78 bits per heavy atom. The van der Waals surface area contributed by atoms with Gasteiger partial charge in [-0.05, 0) is 54.5 Å². The molecule has 1 aliphatic heterocycles. The minimum absolute atomic E-state index is 0.0586. The Kier molecular flexibility index (Phi) is 7.05. The molecule has 1 saturated heterocycles. The van der Waals surface area contributed by atoms with Crippen LogP contribution < -0.4 is 20.3 Å². The summed E-state index contributed by atoms with van der Waals surface area (Å²) in [7, 11) is 0. The molecular formula is C26H20N4O7. The van der Waals surface area contributed by atoms with Crippen LogP contribution in [-0.4, -0.2) is 35.3 Å². The summed E-state index contributed by atoms with van der Waals surface area (Å²) in [5, 5.41) is 15.7. The molecule has 0 atom stereocenters. The third-order valence-electron chi connectivity index (χ3n) is 5.38. The second-order valence-corrected chi connectivity index (χ2v) is 7.96. The van der Waals surface area contributed by atoms with Crippen molar-refractivity contribution in [2.45, 2.75) is 6.92 Å². The van der Waals surface area contributed by atoms with Crippen molar-refractivity contribution in [3.63, 3.8) is 0 Å². The van der Waals surface area contributed by atoms with Gasteiger partial charge in [0, 0.05) is 17.8 Å². The SMILES string of the molecule is Cc1ccccc1NC(=O)COc1cccc(/C=C2/C(=O)NC(=O)N(c3ccc([N+](=O)[O-])cc3)C2=O)c1. The fourth-order valence-electron chi connectivity index (χ4n) is 3.52. The van der Waals surface area contributed by atoms with Gasteiger partial charge in [0.2, 0.25) is 0 Å². The molecule has 11 nitrogen and oxygen atoms in total. The molecule has 3 aromatic rings. The molecule has 3 aromatic carbocycles. The van der Waals surface area contributed by atoms with Gasteiger partial charge in [0.05, 0.1) is 10.6 Å². The molecule has 1 aliphatic rings. The molecule has 1 heterocycles. The lowest BCUT2D eigenvalue weighted by Crippen LogP contribution is -2.54. The van der Waals surface area contributed by atoms with Crippen molar-refractivity contribution < 1.29 is 28.8 Å². The Balaban J connectivity index is 1.49. The van der Waals surface area contributed by atoms with E-state index < -0.39 is 22.8 Å². The maximum absolute atomic E-state index is 13.0. The molecule has 0 unspecified atom stereocenters. The third kappa shape index (κ3) is 5.68. The van der Waals surface area contributed by atoms with Crippen LogP contribution in [0, 0.1) is 17.0 Å². The van der Waals surface area contributed by atoms with Gasteiger partial charge in [0.1, 0.15) is 11.3 Å². The second kappa shape index (κ2) is 10.5. The first-order valence-corrected chi connectivity index (χ1v) is 11.0. The fraction of sp³-hybridized carbons (Fsp3) is 0.0769. The predicted octanol–water partition coefficient (Wildman–Crippen LogP) is 3.59. The standard InChI is InChI=1S/C26H20N4O7/c1-16-5-2-3-8-22(16)27-23(31)15-37-20-7-4-6-17(13-20)14-21-24(32)28-26(34)29(25(21)33)18-9-11-19(12-10-18)30(35)36/h2-14H,15H2,1H3,(H,27,31)(H,28,32,34)/b21-14-. The fourth-order valence-corrected chi connectivity index (χ4v) is 3.52. The van der Waals surface area contributed by atoms with Gasteiger partial charge in [-0.1, -0.05) is 30.3 Å². The van der Waals surface area contributed by atoms with Crippen molar-refractivity contribution in [1.82, 2.24) is 5.32 Å². The number of urea groups is 1. The van der Waals surface area contributed by atoms with Crippen LogP contribution in [0.15, 0.2) is 78.4 Å². The minimum Gasteiger partial charge on any atom is -0.484 e. The number of non-ortho nitro benzene ring substituents is 1. The highest BCUT2D eigenvalue weighted by Crippen LogP contribution is 2.25. The molecule has 0 aromatic heterocycles. The summed E-state index contributed by atoms with van der Waals surface area (Å²) < 4.78 is 5.56. The van der Waals surface area contributed by atoms with Crippen LogP contribution >= 0.6 is 0 Å². The second-order valence-electron chi connectivity index (χ2n) is 7.96. The van der Waals surface area contributed by atoms with Gasteiger partial charge in [-0.25, -0.2) is 9.69 Å². The number of hydrogen-bond donors (Lipinski definition) is 2. The molecule has 37 heavy (non-hydrogen) atoms. The molecular weight excluding hydrogens is 480 g/mol. The van der Waals surface area contributed by atoms with Crippen LogP contribution in [0.1, 0.15) is 11.1 Å².